The predicted molar refractivity (Wildman–Crippen MR) is 140 cm³/mol. The molecule has 6 N–H and O–H groups in total. The molecule has 0 aliphatic rings. The van der Waals surface area contributed by atoms with Crippen LogP contribution in [-0.2, 0) is 19.4 Å². The normalized spacial score (nSPS) is 12.3. The smallest absolute Gasteiger partial charge is 0.251 e. The van der Waals surface area contributed by atoms with Gasteiger partial charge in [0, 0.05) is 29.8 Å². The number of phenols is 2. The SMILES string of the molecule is CC(C)(Cc1cccc(C(=O)NCCCc2ccc(O)cc2)c1)NC[C@H](O)c1ccc(O)c(CO)c1. The van der Waals surface area contributed by atoms with Crippen molar-refractivity contribution in [2.45, 2.75) is 51.4 Å². The van der Waals surface area contributed by atoms with Gasteiger partial charge in [-0.15, -0.1) is 0 Å². The highest BCUT2D eigenvalue weighted by molar-refractivity contribution is 5.94. The van der Waals surface area contributed by atoms with Crippen LogP contribution in [0.5, 0.6) is 11.5 Å². The van der Waals surface area contributed by atoms with E-state index in [1.165, 1.54) is 6.07 Å². The van der Waals surface area contributed by atoms with E-state index in [0.29, 0.717) is 36.2 Å². The molecule has 7 heteroatoms. The Hall–Kier alpha value is -3.39. The summed E-state index contributed by atoms with van der Waals surface area (Å²) < 4.78 is 0. The Morgan fingerprint density at radius 3 is 2.44 bits per heavy atom. The molecule has 0 fully saturated rings. The van der Waals surface area contributed by atoms with Crippen LogP contribution in [0.25, 0.3) is 0 Å². The third-order valence-corrected chi connectivity index (χ3v) is 6.13. The zero-order chi connectivity index (χ0) is 26.1. The maximum absolute atomic E-state index is 12.6. The van der Waals surface area contributed by atoms with E-state index in [0.717, 1.165) is 24.0 Å². The molecule has 0 bridgehead atoms. The van der Waals surface area contributed by atoms with Gasteiger partial charge in [0.05, 0.1) is 12.7 Å². The number of aryl methyl sites for hydroxylation is 1. The molecule has 3 aromatic carbocycles. The molecule has 0 unspecified atom stereocenters. The summed E-state index contributed by atoms with van der Waals surface area (Å²) in [6, 6.07) is 19.3. The number of benzene rings is 3. The van der Waals surface area contributed by atoms with E-state index in [9.17, 15) is 25.2 Å². The number of β-amino-alcohol motifs (C(OH)–C–C–N with tert-alkyl or cyclic N) is 1. The monoisotopic (exact) mass is 492 g/mol. The zero-order valence-corrected chi connectivity index (χ0v) is 20.9. The molecular formula is C29H36N2O5. The van der Waals surface area contributed by atoms with Crippen LogP contribution in [-0.4, -0.2) is 45.0 Å². The topological polar surface area (TPSA) is 122 Å². The number of carbonyl (C=O) groups excluding carboxylic acids is 1. The second kappa shape index (κ2) is 12.5. The van der Waals surface area contributed by atoms with Crippen molar-refractivity contribution in [3.05, 3.63) is 94.5 Å². The molecule has 0 saturated heterocycles. The molecule has 0 spiro atoms. The van der Waals surface area contributed by atoms with Crippen LogP contribution in [0, 0.1) is 0 Å². The van der Waals surface area contributed by atoms with Gasteiger partial charge in [-0.1, -0.05) is 30.3 Å². The Morgan fingerprint density at radius 1 is 0.972 bits per heavy atom. The Balaban J connectivity index is 1.49. The average molecular weight is 493 g/mol. The number of phenolic OH excluding ortho intramolecular Hbond substituents is 1. The largest absolute Gasteiger partial charge is 0.508 e. The summed E-state index contributed by atoms with van der Waals surface area (Å²) in [5.74, 6) is 0.134. The first-order valence-electron chi connectivity index (χ1n) is 12.2. The second-order valence-electron chi connectivity index (χ2n) is 9.73. The molecule has 0 radical (unpaired) electrons. The van der Waals surface area contributed by atoms with Crippen molar-refractivity contribution in [3.8, 4) is 11.5 Å². The van der Waals surface area contributed by atoms with Crippen molar-refractivity contribution < 1.29 is 25.2 Å². The van der Waals surface area contributed by atoms with Crippen molar-refractivity contribution in [3.63, 3.8) is 0 Å². The highest BCUT2D eigenvalue weighted by Crippen LogP contribution is 2.23. The standard InChI is InChI=1S/C29H36N2O5/c1-29(2,31-18-27(35)22-10-13-26(34)24(16-22)19-32)17-21-5-3-7-23(15-21)28(36)30-14-4-6-20-8-11-25(33)12-9-20/h3,5,7-13,15-16,27,31-35H,4,6,14,17-19H2,1-2H3,(H,30,36)/t27-/m0/s1. The van der Waals surface area contributed by atoms with Crippen LogP contribution >= 0.6 is 0 Å². The number of amides is 1. The summed E-state index contributed by atoms with van der Waals surface area (Å²) in [5.41, 5.74) is 3.37. The van der Waals surface area contributed by atoms with Crippen LogP contribution in [0.2, 0.25) is 0 Å². The lowest BCUT2D eigenvalue weighted by atomic mass is 9.93. The number of hydrogen-bond acceptors (Lipinski definition) is 6. The van der Waals surface area contributed by atoms with Crippen molar-refractivity contribution in [1.29, 1.82) is 0 Å². The molecule has 3 aromatic rings. The van der Waals surface area contributed by atoms with E-state index in [4.69, 9.17) is 0 Å². The first kappa shape index (κ1) is 27.2. The summed E-state index contributed by atoms with van der Waals surface area (Å²) in [4.78, 5) is 12.6. The lowest BCUT2D eigenvalue weighted by Gasteiger charge is -2.28. The van der Waals surface area contributed by atoms with Gasteiger partial charge in [0.25, 0.3) is 5.91 Å². The van der Waals surface area contributed by atoms with Crippen molar-refractivity contribution >= 4 is 5.91 Å². The van der Waals surface area contributed by atoms with Gasteiger partial charge in [-0.05, 0) is 86.2 Å². The van der Waals surface area contributed by atoms with Crippen LogP contribution in [0.3, 0.4) is 0 Å². The molecule has 7 nitrogen and oxygen atoms in total. The number of aromatic hydroxyl groups is 2. The summed E-state index contributed by atoms with van der Waals surface area (Å²) in [6.45, 7) is 4.62. The first-order valence-corrected chi connectivity index (χ1v) is 12.2. The van der Waals surface area contributed by atoms with Crippen LogP contribution in [0.15, 0.2) is 66.7 Å². The average Bonchev–Trinajstić information content (AvgIpc) is 2.86. The summed E-state index contributed by atoms with van der Waals surface area (Å²) in [7, 11) is 0. The number of rotatable bonds is 12. The zero-order valence-electron chi connectivity index (χ0n) is 20.9. The summed E-state index contributed by atoms with van der Waals surface area (Å²) >= 11 is 0. The molecular weight excluding hydrogens is 456 g/mol. The predicted octanol–water partition coefficient (Wildman–Crippen LogP) is 3.60. The lowest BCUT2D eigenvalue weighted by Crippen LogP contribution is -2.43. The van der Waals surface area contributed by atoms with Gasteiger partial charge < -0.3 is 31.1 Å². The highest BCUT2D eigenvalue weighted by Gasteiger charge is 2.21. The Bertz CT molecular complexity index is 1140. The van der Waals surface area contributed by atoms with E-state index in [2.05, 4.69) is 10.6 Å². The van der Waals surface area contributed by atoms with Crippen LogP contribution in [0.4, 0.5) is 0 Å². The van der Waals surface area contributed by atoms with Crippen molar-refractivity contribution in [2.75, 3.05) is 13.1 Å². The molecule has 0 heterocycles. The number of aliphatic hydroxyl groups excluding tert-OH is 2. The quantitative estimate of drug-likeness (QED) is 0.215. The van der Waals surface area contributed by atoms with Gasteiger partial charge in [0.2, 0.25) is 0 Å². The van der Waals surface area contributed by atoms with E-state index in [1.807, 2.05) is 44.2 Å². The number of hydrogen-bond donors (Lipinski definition) is 6. The van der Waals surface area contributed by atoms with Crippen LogP contribution in [0.1, 0.15) is 59.0 Å². The second-order valence-corrected chi connectivity index (χ2v) is 9.73. The molecule has 192 valence electrons. The van der Waals surface area contributed by atoms with Crippen molar-refractivity contribution in [1.82, 2.24) is 10.6 Å². The Labute approximate surface area is 212 Å². The minimum absolute atomic E-state index is 0.00278. The molecule has 0 saturated carbocycles. The fourth-order valence-electron chi connectivity index (χ4n) is 4.08. The Kier molecular flexibility index (Phi) is 9.47. The molecule has 0 aliphatic heterocycles. The van der Waals surface area contributed by atoms with Gasteiger partial charge >= 0.3 is 0 Å². The first-order chi connectivity index (χ1) is 17.2. The maximum atomic E-state index is 12.6. The molecule has 0 aliphatic carbocycles. The maximum Gasteiger partial charge on any atom is 0.251 e. The highest BCUT2D eigenvalue weighted by atomic mass is 16.3. The third kappa shape index (κ3) is 8.09. The van der Waals surface area contributed by atoms with E-state index in [-0.39, 0.29) is 29.6 Å². The van der Waals surface area contributed by atoms with Gasteiger partial charge in [-0.2, -0.15) is 0 Å². The minimum atomic E-state index is -0.797. The number of carbonyl (C=O) groups is 1. The summed E-state index contributed by atoms with van der Waals surface area (Å²) in [5, 5.41) is 45.3. The minimum Gasteiger partial charge on any atom is -0.508 e. The van der Waals surface area contributed by atoms with E-state index >= 15 is 0 Å². The van der Waals surface area contributed by atoms with Crippen LogP contribution < -0.4 is 10.6 Å². The fourth-order valence-corrected chi connectivity index (χ4v) is 4.08. The van der Waals surface area contributed by atoms with E-state index < -0.39 is 6.10 Å². The molecule has 3 rings (SSSR count). The fraction of sp³-hybridized carbons (Fsp3) is 0.345. The van der Waals surface area contributed by atoms with Crippen molar-refractivity contribution in [2.24, 2.45) is 0 Å². The molecule has 0 aromatic heterocycles. The summed E-state index contributed by atoms with van der Waals surface area (Å²) in [6.07, 6.45) is 1.47. The molecule has 1 amide bonds. The number of aliphatic hydroxyl groups is 2. The van der Waals surface area contributed by atoms with Gasteiger partial charge in [0.15, 0.2) is 0 Å². The van der Waals surface area contributed by atoms with Gasteiger partial charge in [-0.3, -0.25) is 4.79 Å². The molecule has 1 atom stereocenters. The third-order valence-electron chi connectivity index (χ3n) is 6.13. The van der Waals surface area contributed by atoms with E-state index in [1.54, 1.807) is 30.3 Å². The molecule has 36 heavy (non-hydrogen) atoms. The Morgan fingerprint density at radius 2 is 1.72 bits per heavy atom. The number of nitrogens with one attached hydrogen (secondary N) is 2. The van der Waals surface area contributed by atoms with Gasteiger partial charge in [-0.25, -0.2) is 0 Å². The lowest BCUT2D eigenvalue weighted by molar-refractivity contribution is 0.0953. The van der Waals surface area contributed by atoms with Gasteiger partial charge in [0.1, 0.15) is 11.5 Å².